The smallest absolute Gasteiger partial charge is 0.262 e. The molecule has 4 nitrogen and oxygen atoms in total. The summed E-state index contributed by atoms with van der Waals surface area (Å²) < 4.78 is 1.42. The van der Waals surface area contributed by atoms with Crippen molar-refractivity contribution in [1.82, 2.24) is 9.55 Å². The minimum Gasteiger partial charge on any atom is -0.292 e. The summed E-state index contributed by atoms with van der Waals surface area (Å²) >= 11 is 1.51. The Hall–Kier alpha value is -2.27. The molecule has 0 aliphatic heterocycles. The van der Waals surface area contributed by atoms with E-state index in [0.717, 1.165) is 32.0 Å². The first-order valence-electron chi connectivity index (χ1n) is 7.85. The van der Waals surface area contributed by atoms with E-state index in [0.29, 0.717) is 10.9 Å². The number of carbonyl (C=O) groups excluding carboxylic acids is 1. The largest absolute Gasteiger partial charge is 0.292 e. The third-order valence-corrected chi connectivity index (χ3v) is 5.54. The second-order valence-corrected chi connectivity index (χ2v) is 7.54. The molecule has 0 saturated carbocycles. The highest BCUT2D eigenvalue weighted by atomic mass is 32.1. The van der Waals surface area contributed by atoms with Gasteiger partial charge in [-0.25, -0.2) is 4.98 Å². The number of hydrogen-bond acceptors (Lipinski definition) is 4. The van der Waals surface area contributed by atoms with Crippen LogP contribution >= 0.6 is 11.3 Å². The molecule has 0 aliphatic rings. The molecule has 5 heteroatoms. The minimum atomic E-state index is -0.141. The van der Waals surface area contributed by atoms with Gasteiger partial charge in [0.25, 0.3) is 5.56 Å². The molecule has 0 unspecified atom stereocenters. The van der Waals surface area contributed by atoms with Crippen LogP contribution in [0.25, 0.3) is 10.2 Å². The van der Waals surface area contributed by atoms with Crippen molar-refractivity contribution in [2.75, 3.05) is 0 Å². The van der Waals surface area contributed by atoms with E-state index in [1.165, 1.54) is 22.2 Å². The quantitative estimate of drug-likeness (QED) is 0.680. The van der Waals surface area contributed by atoms with E-state index < -0.39 is 0 Å². The first-order chi connectivity index (χ1) is 11.3. The maximum absolute atomic E-state index is 12.8. The van der Waals surface area contributed by atoms with Gasteiger partial charge in [0.05, 0.1) is 18.3 Å². The molecule has 1 aromatic carbocycles. The summed E-state index contributed by atoms with van der Waals surface area (Å²) in [4.78, 5) is 31.7. The Balaban J connectivity index is 2.05. The van der Waals surface area contributed by atoms with Crippen LogP contribution in [0.2, 0.25) is 0 Å². The zero-order chi connectivity index (χ0) is 17.6. The Morgan fingerprint density at radius 1 is 1.12 bits per heavy atom. The summed E-state index contributed by atoms with van der Waals surface area (Å²) in [5, 5.41) is 0.630. The van der Waals surface area contributed by atoms with Gasteiger partial charge in [-0.2, -0.15) is 0 Å². The highest BCUT2D eigenvalue weighted by Gasteiger charge is 2.17. The van der Waals surface area contributed by atoms with Gasteiger partial charge in [0, 0.05) is 10.4 Å². The molecule has 24 heavy (non-hydrogen) atoms. The van der Waals surface area contributed by atoms with Crippen LogP contribution in [0, 0.1) is 34.6 Å². The van der Waals surface area contributed by atoms with Crippen molar-refractivity contribution in [2.45, 2.75) is 41.2 Å². The monoisotopic (exact) mass is 340 g/mol. The van der Waals surface area contributed by atoms with Crippen molar-refractivity contribution in [2.24, 2.45) is 0 Å². The SMILES string of the molecule is Cc1cc(C)c(C(=O)Cn2cnc3sc(C)c(C)c3c2=O)c(C)c1. The van der Waals surface area contributed by atoms with Crippen molar-refractivity contribution in [3.63, 3.8) is 0 Å². The molecule has 0 amide bonds. The number of nitrogens with zero attached hydrogens (tertiary/aromatic N) is 2. The number of aromatic nitrogens is 2. The maximum Gasteiger partial charge on any atom is 0.262 e. The molecule has 124 valence electrons. The Morgan fingerprint density at radius 2 is 1.75 bits per heavy atom. The lowest BCUT2D eigenvalue weighted by Crippen LogP contribution is -2.25. The van der Waals surface area contributed by atoms with Crippen LogP contribution in [-0.2, 0) is 6.54 Å². The maximum atomic E-state index is 12.8. The number of carbonyl (C=O) groups is 1. The number of benzene rings is 1. The lowest BCUT2D eigenvalue weighted by Gasteiger charge is -2.11. The molecule has 0 bridgehead atoms. The van der Waals surface area contributed by atoms with Gasteiger partial charge in [-0.3, -0.25) is 14.2 Å². The van der Waals surface area contributed by atoms with Gasteiger partial charge in [0.1, 0.15) is 4.83 Å². The fraction of sp³-hybridized carbons (Fsp3) is 0.316. The van der Waals surface area contributed by atoms with E-state index in [1.54, 1.807) is 0 Å². The van der Waals surface area contributed by atoms with Crippen LogP contribution in [0.15, 0.2) is 23.3 Å². The fourth-order valence-corrected chi connectivity index (χ4v) is 4.22. The summed E-state index contributed by atoms with van der Waals surface area (Å²) in [6.07, 6.45) is 1.48. The molecule has 0 radical (unpaired) electrons. The fourth-order valence-electron chi connectivity index (χ4n) is 3.24. The summed E-state index contributed by atoms with van der Waals surface area (Å²) in [6.45, 7) is 9.81. The molecule has 2 aromatic heterocycles. The molecule has 0 atom stereocenters. The van der Waals surface area contributed by atoms with E-state index in [-0.39, 0.29) is 17.9 Å². The van der Waals surface area contributed by atoms with Crippen LogP contribution in [0.5, 0.6) is 0 Å². The molecular formula is C19H20N2O2S. The topological polar surface area (TPSA) is 52.0 Å². The van der Waals surface area contributed by atoms with Gasteiger partial charge in [-0.05, 0) is 51.3 Å². The van der Waals surface area contributed by atoms with Gasteiger partial charge in [0.15, 0.2) is 5.78 Å². The van der Waals surface area contributed by atoms with Crippen molar-refractivity contribution in [3.05, 3.63) is 61.5 Å². The summed E-state index contributed by atoms with van der Waals surface area (Å²) in [7, 11) is 0. The lowest BCUT2D eigenvalue weighted by molar-refractivity contribution is 0.0969. The molecule has 0 fully saturated rings. The zero-order valence-corrected chi connectivity index (χ0v) is 15.4. The summed E-state index contributed by atoms with van der Waals surface area (Å²) in [6, 6.07) is 3.99. The summed E-state index contributed by atoms with van der Waals surface area (Å²) in [5.74, 6) is -0.0575. The molecule has 0 aliphatic carbocycles. The van der Waals surface area contributed by atoms with Crippen LogP contribution < -0.4 is 5.56 Å². The van der Waals surface area contributed by atoms with Gasteiger partial charge < -0.3 is 0 Å². The first kappa shape index (κ1) is 16.6. The number of rotatable bonds is 3. The molecule has 0 saturated heterocycles. The number of ketones is 1. The number of aryl methyl sites for hydroxylation is 5. The van der Waals surface area contributed by atoms with Gasteiger partial charge >= 0.3 is 0 Å². The zero-order valence-electron chi connectivity index (χ0n) is 14.6. The van der Waals surface area contributed by atoms with Crippen molar-refractivity contribution >= 4 is 27.3 Å². The lowest BCUT2D eigenvalue weighted by atomic mass is 9.96. The van der Waals surface area contributed by atoms with Gasteiger partial charge in [-0.15, -0.1) is 11.3 Å². The van der Waals surface area contributed by atoms with E-state index in [9.17, 15) is 9.59 Å². The predicted octanol–water partition coefficient (Wildman–Crippen LogP) is 3.88. The van der Waals surface area contributed by atoms with Crippen LogP contribution in [0.4, 0.5) is 0 Å². The molecule has 0 N–H and O–H groups in total. The first-order valence-corrected chi connectivity index (χ1v) is 8.67. The Bertz CT molecular complexity index is 1000. The predicted molar refractivity (Wildman–Crippen MR) is 98.3 cm³/mol. The highest BCUT2D eigenvalue weighted by Crippen LogP contribution is 2.25. The van der Waals surface area contributed by atoms with Crippen molar-refractivity contribution < 1.29 is 4.79 Å². The standard InChI is InChI=1S/C19H20N2O2S/c1-10-6-11(2)16(12(3)7-10)15(22)8-21-9-20-18-17(19(21)23)13(4)14(5)24-18/h6-7,9H,8H2,1-5H3. The van der Waals surface area contributed by atoms with E-state index in [1.807, 2.05) is 46.8 Å². The third-order valence-electron chi connectivity index (χ3n) is 4.43. The average molecular weight is 340 g/mol. The van der Waals surface area contributed by atoms with E-state index in [4.69, 9.17) is 0 Å². The Morgan fingerprint density at radius 3 is 2.38 bits per heavy atom. The Labute approximate surface area is 144 Å². The number of Topliss-reactive ketones (excluding diaryl/α,β-unsaturated/α-hetero) is 1. The van der Waals surface area contributed by atoms with Gasteiger partial charge in [0.2, 0.25) is 0 Å². The average Bonchev–Trinajstić information content (AvgIpc) is 2.77. The van der Waals surface area contributed by atoms with Crippen LogP contribution in [0.3, 0.4) is 0 Å². The molecule has 3 rings (SSSR count). The minimum absolute atomic E-state index is 0.0147. The van der Waals surface area contributed by atoms with Crippen LogP contribution in [0.1, 0.15) is 37.5 Å². The van der Waals surface area contributed by atoms with E-state index >= 15 is 0 Å². The summed E-state index contributed by atoms with van der Waals surface area (Å²) in [5.41, 5.74) is 4.54. The third kappa shape index (κ3) is 2.69. The molecule has 0 spiro atoms. The van der Waals surface area contributed by atoms with E-state index in [2.05, 4.69) is 4.98 Å². The highest BCUT2D eigenvalue weighted by molar-refractivity contribution is 7.18. The van der Waals surface area contributed by atoms with Crippen LogP contribution in [-0.4, -0.2) is 15.3 Å². The molecule has 3 aromatic rings. The van der Waals surface area contributed by atoms with Crippen molar-refractivity contribution in [1.29, 1.82) is 0 Å². The second-order valence-electron chi connectivity index (χ2n) is 6.34. The van der Waals surface area contributed by atoms with Gasteiger partial charge in [-0.1, -0.05) is 17.7 Å². The molecule has 2 heterocycles. The molecular weight excluding hydrogens is 320 g/mol. The number of thiophene rings is 1. The van der Waals surface area contributed by atoms with Crippen molar-refractivity contribution in [3.8, 4) is 0 Å². The normalized spacial score (nSPS) is 11.2. The Kier molecular flexibility index (Phi) is 4.13. The number of hydrogen-bond donors (Lipinski definition) is 0. The second kappa shape index (κ2) is 5.98. The number of fused-ring (bicyclic) bond motifs is 1.